The minimum absolute atomic E-state index is 0.0463. The van der Waals surface area contributed by atoms with Crippen molar-refractivity contribution >= 4 is 5.78 Å². The summed E-state index contributed by atoms with van der Waals surface area (Å²) < 4.78 is 0. The standard InChI is InChI=1S/C9H13NO/c1-7-4-3-5-9(7,6-10)8(2)11/h7H,3-5H2,1-2H3/t7-,9+/m1/s1. The lowest BCUT2D eigenvalue weighted by molar-refractivity contribution is -0.125. The normalized spacial score (nSPS) is 36.6. The van der Waals surface area contributed by atoms with Crippen molar-refractivity contribution in [2.75, 3.05) is 0 Å². The Morgan fingerprint density at radius 1 is 1.73 bits per heavy atom. The Kier molecular flexibility index (Phi) is 1.99. The Labute approximate surface area is 67.2 Å². The minimum atomic E-state index is -0.639. The molecule has 1 aliphatic rings. The average Bonchev–Trinajstić information content (AvgIpc) is 2.32. The van der Waals surface area contributed by atoms with E-state index in [1.165, 1.54) is 6.92 Å². The van der Waals surface area contributed by atoms with Gasteiger partial charge in [0.15, 0.2) is 0 Å². The van der Waals surface area contributed by atoms with Crippen molar-refractivity contribution in [1.29, 1.82) is 5.26 Å². The van der Waals surface area contributed by atoms with E-state index >= 15 is 0 Å². The maximum atomic E-state index is 11.2. The number of carbonyl (C=O) groups excluding carboxylic acids is 1. The van der Waals surface area contributed by atoms with Gasteiger partial charge in [0.25, 0.3) is 0 Å². The Morgan fingerprint density at radius 2 is 2.36 bits per heavy atom. The van der Waals surface area contributed by atoms with Crippen LogP contribution in [0.1, 0.15) is 33.1 Å². The van der Waals surface area contributed by atoms with Crippen molar-refractivity contribution in [1.82, 2.24) is 0 Å². The van der Waals surface area contributed by atoms with Crippen molar-refractivity contribution < 1.29 is 4.79 Å². The second-order valence-electron chi connectivity index (χ2n) is 3.43. The first-order valence-corrected chi connectivity index (χ1v) is 4.06. The third-order valence-corrected chi connectivity index (χ3v) is 2.88. The summed E-state index contributed by atoms with van der Waals surface area (Å²) in [6, 6.07) is 2.18. The first-order chi connectivity index (χ1) is 5.13. The molecule has 0 aromatic rings. The summed E-state index contributed by atoms with van der Waals surface area (Å²) >= 11 is 0. The van der Waals surface area contributed by atoms with E-state index in [2.05, 4.69) is 6.07 Å². The van der Waals surface area contributed by atoms with Gasteiger partial charge in [0, 0.05) is 0 Å². The number of nitriles is 1. The molecule has 0 saturated heterocycles. The summed E-state index contributed by atoms with van der Waals surface area (Å²) in [6.07, 6.45) is 2.81. The molecule has 0 aromatic heterocycles. The average molecular weight is 151 g/mol. The molecule has 11 heavy (non-hydrogen) atoms. The van der Waals surface area contributed by atoms with Gasteiger partial charge < -0.3 is 0 Å². The fraction of sp³-hybridized carbons (Fsp3) is 0.778. The van der Waals surface area contributed by atoms with Gasteiger partial charge in [-0.1, -0.05) is 13.3 Å². The SMILES string of the molecule is CC(=O)[C@]1(C#N)CCC[C@H]1C. The topological polar surface area (TPSA) is 40.9 Å². The molecule has 1 rings (SSSR count). The van der Waals surface area contributed by atoms with Crippen LogP contribution < -0.4 is 0 Å². The number of Topliss-reactive ketones (excluding diaryl/α,β-unsaturated/α-hetero) is 1. The Balaban J connectivity index is 2.93. The first kappa shape index (κ1) is 8.26. The zero-order chi connectivity index (χ0) is 8.48. The van der Waals surface area contributed by atoms with Gasteiger partial charge in [-0.15, -0.1) is 0 Å². The van der Waals surface area contributed by atoms with Crippen molar-refractivity contribution in [2.45, 2.75) is 33.1 Å². The zero-order valence-electron chi connectivity index (χ0n) is 7.05. The summed E-state index contributed by atoms with van der Waals surface area (Å²) in [7, 11) is 0. The molecule has 60 valence electrons. The fourth-order valence-electron chi connectivity index (χ4n) is 1.95. The van der Waals surface area contributed by atoms with Crippen molar-refractivity contribution in [2.24, 2.45) is 11.3 Å². The molecule has 0 aliphatic heterocycles. The lowest BCUT2D eigenvalue weighted by Gasteiger charge is -2.21. The number of nitrogens with zero attached hydrogens (tertiary/aromatic N) is 1. The van der Waals surface area contributed by atoms with Crippen LogP contribution in [0.2, 0.25) is 0 Å². The van der Waals surface area contributed by atoms with Gasteiger partial charge in [-0.3, -0.25) is 4.79 Å². The molecule has 1 fully saturated rings. The van der Waals surface area contributed by atoms with Crippen LogP contribution in [0.25, 0.3) is 0 Å². The summed E-state index contributed by atoms with van der Waals surface area (Å²) in [6.45, 7) is 3.53. The third kappa shape index (κ3) is 1.05. The van der Waals surface area contributed by atoms with Gasteiger partial charge in [0.2, 0.25) is 0 Å². The predicted molar refractivity (Wildman–Crippen MR) is 41.7 cm³/mol. The maximum Gasteiger partial charge on any atom is 0.150 e. The van der Waals surface area contributed by atoms with Gasteiger partial charge >= 0.3 is 0 Å². The molecule has 0 radical (unpaired) electrons. The lowest BCUT2D eigenvalue weighted by atomic mass is 9.77. The van der Waals surface area contributed by atoms with Crippen molar-refractivity contribution in [3.8, 4) is 6.07 Å². The number of ketones is 1. The minimum Gasteiger partial charge on any atom is -0.298 e. The highest BCUT2D eigenvalue weighted by atomic mass is 16.1. The fourth-order valence-corrected chi connectivity index (χ4v) is 1.95. The number of carbonyl (C=O) groups is 1. The van der Waals surface area contributed by atoms with Crippen molar-refractivity contribution in [3.05, 3.63) is 0 Å². The van der Waals surface area contributed by atoms with Crippen LogP contribution in [0, 0.1) is 22.7 Å². The Hall–Kier alpha value is -0.840. The predicted octanol–water partition coefficient (Wildman–Crippen LogP) is 1.91. The van der Waals surface area contributed by atoms with E-state index < -0.39 is 5.41 Å². The van der Waals surface area contributed by atoms with E-state index in [1.807, 2.05) is 6.92 Å². The highest BCUT2D eigenvalue weighted by molar-refractivity contribution is 5.85. The number of hydrogen-bond acceptors (Lipinski definition) is 2. The molecule has 0 aromatic carbocycles. The second kappa shape index (κ2) is 2.65. The first-order valence-electron chi connectivity index (χ1n) is 4.06. The second-order valence-corrected chi connectivity index (χ2v) is 3.43. The Morgan fingerprint density at radius 3 is 2.55 bits per heavy atom. The van der Waals surface area contributed by atoms with E-state index in [-0.39, 0.29) is 11.7 Å². The van der Waals surface area contributed by atoms with Crippen LogP contribution in [0.15, 0.2) is 0 Å². The smallest absolute Gasteiger partial charge is 0.150 e. The van der Waals surface area contributed by atoms with E-state index in [0.717, 1.165) is 19.3 Å². The van der Waals surface area contributed by atoms with E-state index in [4.69, 9.17) is 5.26 Å². The van der Waals surface area contributed by atoms with Crippen molar-refractivity contribution in [3.63, 3.8) is 0 Å². The van der Waals surface area contributed by atoms with Gasteiger partial charge in [-0.05, 0) is 25.7 Å². The quantitative estimate of drug-likeness (QED) is 0.574. The molecule has 0 heterocycles. The molecule has 0 spiro atoms. The van der Waals surface area contributed by atoms with E-state index in [9.17, 15) is 4.79 Å². The van der Waals surface area contributed by atoms with Crippen LogP contribution >= 0.6 is 0 Å². The molecule has 0 bridgehead atoms. The molecule has 2 atom stereocenters. The molecule has 0 amide bonds. The zero-order valence-corrected chi connectivity index (χ0v) is 7.05. The van der Waals surface area contributed by atoms with Crippen LogP contribution in [-0.2, 0) is 4.79 Å². The Bertz CT molecular complexity index is 216. The van der Waals surface area contributed by atoms with Crippen LogP contribution in [0.5, 0.6) is 0 Å². The molecular formula is C9H13NO. The third-order valence-electron chi connectivity index (χ3n) is 2.88. The maximum absolute atomic E-state index is 11.2. The summed E-state index contributed by atoms with van der Waals surface area (Å²) in [5.74, 6) is 0.301. The number of hydrogen-bond donors (Lipinski definition) is 0. The van der Waals surface area contributed by atoms with E-state index in [1.54, 1.807) is 0 Å². The highest BCUT2D eigenvalue weighted by Crippen LogP contribution is 2.43. The van der Waals surface area contributed by atoms with Gasteiger partial charge in [-0.2, -0.15) is 5.26 Å². The van der Waals surface area contributed by atoms with Crippen LogP contribution in [0.4, 0.5) is 0 Å². The highest BCUT2D eigenvalue weighted by Gasteiger charge is 2.44. The summed E-state index contributed by atoms with van der Waals surface area (Å²) in [5.41, 5.74) is -0.639. The van der Waals surface area contributed by atoms with Gasteiger partial charge in [0.05, 0.1) is 6.07 Å². The van der Waals surface area contributed by atoms with Gasteiger partial charge in [-0.25, -0.2) is 0 Å². The molecule has 2 nitrogen and oxygen atoms in total. The molecule has 0 N–H and O–H groups in total. The monoisotopic (exact) mass is 151 g/mol. The number of rotatable bonds is 1. The molecule has 1 saturated carbocycles. The summed E-state index contributed by atoms with van der Waals surface area (Å²) in [4.78, 5) is 11.2. The molecule has 2 heteroatoms. The molecule has 0 unspecified atom stereocenters. The van der Waals surface area contributed by atoms with Crippen LogP contribution in [-0.4, -0.2) is 5.78 Å². The lowest BCUT2D eigenvalue weighted by Crippen LogP contribution is -2.29. The largest absolute Gasteiger partial charge is 0.298 e. The van der Waals surface area contributed by atoms with Crippen LogP contribution in [0.3, 0.4) is 0 Å². The van der Waals surface area contributed by atoms with E-state index in [0.29, 0.717) is 0 Å². The summed E-state index contributed by atoms with van der Waals surface area (Å²) in [5, 5.41) is 8.89. The van der Waals surface area contributed by atoms with Gasteiger partial charge in [0.1, 0.15) is 11.2 Å². The molecule has 1 aliphatic carbocycles. The molecular weight excluding hydrogens is 138 g/mol.